The molecule has 198 valence electrons. The predicted octanol–water partition coefficient (Wildman–Crippen LogP) is 6.26. The third kappa shape index (κ3) is 9.26. The minimum atomic E-state index is 0.122. The molecule has 2 rings (SSSR count). The van der Waals surface area contributed by atoms with E-state index in [2.05, 4.69) is 85.8 Å². The Morgan fingerprint density at radius 1 is 0.838 bits per heavy atom. The molecule has 2 aromatic rings. The molecule has 7 nitrogen and oxygen atoms in total. The molecule has 0 bridgehead atoms. The first-order valence-corrected chi connectivity index (χ1v) is 12.7. The van der Waals surface area contributed by atoms with E-state index in [-0.39, 0.29) is 18.1 Å². The second-order valence-corrected chi connectivity index (χ2v) is 9.94. The van der Waals surface area contributed by atoms with E-state index in [4.69, 9.17) is 10.7 Å². The Labute approximate surface area is 222 Å². The van der Waals surface area contributed by atoms with Crippen LogP contribution in [0.5, 0.6) is 0 Å². The number of nitrogens with zero attached hydrogens (tertiary/aromatic N) is 3. The van der Waals surface area contributed by atoms with Gasteiger partial charge >= 0.3 is 0 Å². The van der Waals surface area contributed by atoms with Crippen LogP contribution in [0.15, 0.2) is 70.6 Å². The molecular weight excluding hydrogens is 458 g/mol. The topological polar surface area (TPSA) is 99.2 Å². The fraction of sp³-hybridized carbons (Fsp3) is 0.367. The minimum Gasteiger partial charge on any atom is -0.370 e. The van der Waals surface area contributed by atoms with E-state index < -0.39 is 0 Å². The molecule has 7 heteroatoms. The third-order valence-electron chi connectivity index (χ3n) is 5.24. The SMILES string of the molecule is C=CC(=NC(=C)c1ccc(NC(N)=NC(C)C)cc1C)c1cc(NC(=NC(C)C)NC(C)C)ccc1C. The Morgan fingerprint density at radius 3 is 2.03 bits per heavy atom. The molecule has 0 aliphatic rings. The normalized spacial score (nSPS) is 12.8. The van der Waals surface area contributed by atoms with E-state index in [0.29, 0.717) is 11.7 Å². The van der Waals surface area contributed by atoms with Gasteiger partial charge in [0.15, 0.2) is 11.9 Å². The molecule has 37 heavy (non-hydrogen) atoms. The zero-order valence-electron chi connectivity index (χ0n) is 23.6. The Balaban J connectivity index is 2.35. The highest BCUT2D eigenvalue weighted by atomic mass is 15.2. The van der Waals surface area contributed by atoms with Crippen molar-refractivity contribution in [2.75, 3.05) is 10.6 Å². The van der Waals surface area contributed by atoms with Crippen molar-refractivity contribution in [3.05, 3.63) is 77.9 Å². The number of hydrogen-bond acceptors (Lipinski definition) is 3. The molecule has 0 radical (unpaired) electrons. The maximum Gasteiger partial charge on any atom is 0.196 e. The molecule has 0 spiro atoms. The molecular formula is C30H43N7. The first kappa shape index (κ1) is 29.4. The monoisotopic (exact) mass is 501 g/mol. The van der Waals surface area contributed by atoms with Crippen LogP contribution in [0.2, 0.25) is 0 Å². The Hall–Kier alpha value is -3.87. The fourth-order valence-corrected chi connectivity index (χ4v) is 3.69. The first-order valence-electron chi connectivity index (χ1n) is 12.7. The van der Waals surface area contributed by atoms with Crippen molar-refractivity contribution in [3.8, 4) is 0 Å². The maximum atomic E-state index is 5.98. The highest BCUT2D eigenvalue weighted by molar-refractivity contribution is 6.12. The van der Waals surface area contributed by atoms with Crippen molar-refractivity contribution in [1.29, 1.82) is 0 Å². The number of aliphatic imine (C=N–C) groups is 3. The summed E-state index contributed by atoms with van der Waals surface area (Å²) in [5.41, 5.74) is 13.2. The first-order chi connectivity index (χ1) is 17.4. The van der Waals surface area contributed by atoms with Gasteiger partial charge in [0, 0.05) is 40.6 Å². The van der Waals surface area contributed by atoms with Gasteiger partial charge < -0.3 is 21.7 Å². The lowest BCUT2D eigenvalue weighted by Gasteiger charge is -2.17. The quantitative estimate of drug-likeness (QED) is 0.241. The zero-order valence-corrected chi connectivity index (χ0v) is 23.6. The second kappa shape index (κ2) is 13.4. The van der Waals surface area contributed by atoms with Gasteiger partial charge in [-0.2, -0.15) is 0 Å². The Kier molecular flexibility index (Phi) is 10.7. The number of anilines is 2. The van der Waals surface area contributed by atoms with Crippen molar-refractivity contribution >= 4 is 34.7 Å². The van der Waals surface area contributed by atoms with E-state index in [1.54, 1.807) is 6.08 Å². The van der Waals surface area contributed by atoms with E-state index in [1.807, 2.05) is 45.0 Å². The number of rotatable bonds is 9. The summed E-state index contributed by atoms with van der Waals surface area (Å²) in [6.07, 6.45) is 1.76. The van der Waals surface area contributed by atoms with Crippen molar-refractivity contribution in [2.45, 2.75) is 73.5 Å². The summed E-state index contributed by atoms with van der Waals surface area (Å²) in [5.74, 6) is 1.13. The number of nitrogens with two attached hydrogens (primary N) is 1. The second-order valence-electron chi connectivity index (χ2n) is 9.94. The lowest BCUT2D eigenvalue weighted by atomic mass is 10.0. The lowest BCUT2D eigenvalue weighted by molar-refractivity contribution is 0.717. The Bertz CT molecular complexity index is 1200. The molecule has 5 N–H and O–H groups in total. The average molecular weight is 502 g/mol. The van der Waals surface area contributed by atoms with Gasteiger partial charge in [-0.25, -0.2) is 4.99 Å². The van der Waals surface area contributed by atoms with Crippen molar-refractivity contribution < 1.29 is 0 Å². The molecule has 0 fully saturated rings. The summed E-state index contributed by atoms with van der Waals surface area (Å²) in [5, 5.41) is 9.93. The summed E-state index contributed by atoms with van der Waals surface area (Å²) in [7, 11) is 0. The molecule has 0 aromatic heterocycles. The molecule has 0 atom stereocenters. The lowest BCUT2D eigenvalue weighted by Crippen LogP contribution is -2.36. The zero-order chi connectivity index (χ0) is 27.7. The van der Waals surface area contributed by atoms with Crippen LogP contribution < -0.4 is 21.7 Å². The van der Waals surface area contributed by atoms with Gasteiger partial charge in [-0.05, 0) is 96.9 Å². The molecule has 0 unspecified atom stereocenters. The molecule has 0 amide bonds. The van der Waals surface area contributed by atoms with Gasteiger partial charge in [-0.15, -0.1) is 0 Å². The van der Waals surface area contributed by atoms with Crippen molar-refractivity contribution in [3.63, 3.8) is 0 Å². The van der Waals surface area contributed by atoms with E-state index in [1.165, 1.54) is 0 Å². The number of allylic oxidation sites excluding steroid dienone is 1. The minimum absolute atomic E-state index is 0.122. The van der Waals surface area contributed by atoms with Crippen LogP contribution in [0, 0.1) is 13.8 Å². The summed E-state index contributed by atoms with van der Waals surface area (Å²) < 4.78 is 0. The molecule has 2 aromatic carbocycles. The summed E-state index contributed by atoms with van der Waals surface area (Å²) >= 11 is 0. The summed E-state index contributed by atoms with van der Waals surface area (Å²) in [6, 6.07) is 12.7. The fourth-order valence-electron chi connectivity index (χ4n) is 3.69. The van der Waals surface area contributed by atoms with Gasteiger partial charge in [0.05, 0.1) is 11.4 Å². The maximum absolute atomic E-state index is 5.98. The standard InChI is InChI=1S/C30H43N7/c1-11-28(27-17-25(13-12-21(27)8)37-30(33-19(4)5)34-20(6)7)35-23(10)26-15-14-24(16-22(26)9)36-29(31)32-18(2)3/h11-20H,1,10H2,2-9H3,(H3,31,32,36)(H2,33,34,37). The van der Waals surface area contributed by atoms with Crippen LogP contribution in [0.1, 0.15) is 63.8 Å². The number of benzene rings is 2. The largest absolute Gasteiger partial charge is 0.370 e. The van der Waals surface area contributed by atoms with Crippen LogP contribution in [0.4, 0.5) is 11.4 Å². The van der Waals surface area contributed by atoms with E-state index >= 15 is 0 Å². The van der Waals surface area contributed by atoms with Gasteiger partial charge in [-0.3, -0.25) is 9.98 Å². The molecule has 0 saturated carbocycles. The van der Waals surface area contributed by atoms with Crippen LogP contribution in [-0.4, -0.2) is 35.8 Å². The van der Waals surface area contributed by atoms with Crippen LogP contribution in [-0.2, 0) is 0 Å². The smallest absolute Gasteiger partial charge is 0.196 e. The van der Waals surface area contributed by atoms with E-state index in [9.17, 15) is 0 Å². The number of guanidine groups is 2. The Morgan fingerprint density at radius 2 is 1.46 bits per heavy atom. The van der Waals surface area contributed by atoms with Gasteiger partial charge in [-0.1, -0.05) is 25.3 Å². The van der Waals surface area contributed by atoms with Gasteiger partial charge in [0.2, 0.25) is 0 Å². The summed E-state index contributed by atoms with van der Waals surface area (Å²) in [4.78, 5) is 13.9. The highest BCUT2D eigenvalue weighted by Gasteiger charge is 2.11. The highest BCUT2D eigenvalue weighted by Crippen LogP contribution is 2.24. The van der Waals surface area contributed by atoms with Crippen LogP contribution in [0.3, 0.4) is 0 Å². The number of aryl methyl sites for hydroxylation is 2. The van der Waals surface area contributed by atoms with Crippen molar-refractivity contribution in [2.24, 2.45) is 20.7 Å². The summed E-state index contributed by atoms with van der Waals surface area (Å²) in [6.45, 7) is 24.6. The van der Waals surface area contributed by atoms with E-state index in [0.717, 1.165) is 45.3 Å². The van der Waals surface area contributed by atoms with Crippen molar-refractivity contribution in [1.82, 2.24) is 5.32 Å². The predicted molar refractivity (Wildman–Crippen MR) is 163 cm³/mol. The third-order valence-corrected chi connectivity index (χ3v) is 5.24. The van der Waals surface area contributed by atoms with Crippen LogP contribution in [0.25, 0.3) is 5.70 Å². The van der Waals surface area contributed by atoms with Gasteiger partial charge in [0.25, 0.3) is 0 Å². The number of nitrogens with one attached hydrogen (secondary N) is 3. The molecule has 0 aliphatic heterocycles. The molecule has 0 aliphatic carbocycles. The number of hydrogen-bond donors (Lipinski definition) is 4. The average Bonchev–Trinajstić information content (AvgIpc) is 2.77. The molecule has 0 saturated heterocycles. The molecule has 0 heterocycles. The van der Waals surface area contributed by atoms with Gasteiger partial charge in [0.1, 0.15) is 0 Å². The van der Waals surface area contributed by atoms with Crippen LogP contribution >= 0.6 is 0 Å².